The molecule has 0 aromatic rings. The monoisotopic (exact) mass is 288 g/mol. The van der Waals surface area contributed by atoms with Crippen LogP contribution in [0, 0.1) is 5.92 Å². The Morgan fingerprint density at radius 1 is 1.25 bits per heavy atom. The van der Waals surface area contributed by atoms with E-state index < -0.39 is 17.9 Å². The highest BCUT2D eigenvalue weighted by Gasteiger charge is 2.26. The first-order chi connectivity index (χ1) is 9.38. The standard InChI is InChI=1S/C14H28N2O4/c1-6-12(7-2)16(8-9-20-5)14(19)15-11(4)10(3)13(17)18/h10-12H,6-9H2,1-5H3,(H,15,19)(H,17,18). The molecule has 2 atom stereocenters. The van der Waals surface area contributed by atoms with Crippen LogP contribution >= 0.6 is 0 Å². The normalized spacial score (nSPS) is 13.9. The Morgan fingerprint density at radius 3 is 2.20 bits per heavy atom. The zero-order chi connectivity index (χ0) is 15.7. The van der Waals surface area contributed by atoms with E-state index in [1.54, 1.807) is 25.9 Å². The average Bonchev–Trinajstić information content (AvgIpc) is 2.42. The smallest absolute Gasteiger partial charge is 0.317 e. The van der Waals surface area contributed by atoms with Crippen molar-refractivity contribution < 1.29 is 19.4 Å². The van der Waals surface area contributed by atoms with Gasteiger partial charge in [-0.15, -0.1) is 0 Å². The van der Waals surface area contributed by atoms with Crippen LogP contribution in [0.2, 0.25) is 0 Å². The van der Waals surface area contributed by atoms with E-state index in [1.165, 1.54) is 0 Å². The van der Waals surface area contributed by atoms with Crippen molar-refractivity contribution in [1.29, 1.82) is 0 Å². The Balaban J connectivity index is 4.73. The van der Waals surface area contributed by atoms with E-state index in [-0.39, 0.29) is 12.1 Å². The number of ether oxygens (including phenoxy) is 1. The third kappa shape index (κ3) is 5.77. The van der Waals surface area contributed by atoms with E-state index in [4.69, 9.17) is 9.84 Å². The topological polar surface area (TPSA) is 78.9 Å². The number of methoxy groups -OCH3 is 1. The van der Waals surface area contributed by atoms with Crippen molar-refractivity contribution in [3.8, 4) is 0 Å². The Hall–Kier alpha value is -1.30. The number of amides is 2. The molecule has 0 aliphatic rings. The molecule has 2 N–H and O–H groups in total. The average molecular weight is 288 g/mol. The first-order valence-corrected chi connectivity index (χ1v) is 7.17. The van der Waals surface area contributed by atoms with Crippen LogP contribution < -0.4 is 5.32 Å². The van der Waals surface area contributed by atoms with Crippen molar-refractivity contribution in [2.75, 3.05) is 20.3 Å². The Morgan fingerprint density at radius 2 is 1.80 bits per heavy atom. The molecule has 118 valence electrons. The zero-order valence-corrected chi connectivity index (χ0v) is 13.2. The molecule has 0 bridgehead atoms. The van der Waals surface area contributed by atoms with E-state index in [0.29, 0.717) is 13.2 Å². The van der Waals surface area contributed by atoms with Crippen LogP contribution in [-0.4, -0.2) is 54.4 Å². The van der Waals surface area contributed by atoms with Gasteiger partial charge < -0.3 is 20.1 Å². The van der Waals surface area contributed by atoms with Crippen molar-refractivity contribution in [3.05, 3.63) is 0 Å². The van der Waals surface area contributed by atoms with Gasteiger partial charge in [0.1, 0.15) is 0 Å². The minimum Gasteiger partial charge on any atom is -0.481 e. The van der Waals surface area contributed by atoms with Gasteiger partial charge in [0.15, 0.2) is 0 Å². The molecule has 0 heterocycles. The maximum Gasteiger partial charge on any atom is 0.317 e. The summed E-state index contributed by atoms with van der Waals surface area (Å²) in [5.41, 5.74) is 0. The van der Waals surface area contributed by atoms with Gasteiger partial charge in [0.2, 0.25) is 0 Å². The summed E-state index contributed by atoms with van der Waals surface area (Å²) in [6, 6.07) is -0.506. The minimum atomic E-state index is -0.913. The van der Waals surface area contributed by atoms with Crippen molar-refractivity contribution in [2.45, 2.75) is 52.6 Å². The lowest BCUT2D eigenvalue weighted by Crippen LogP contribution is -2.51. The highest BCUT2D eigenvalue weighted by molar-refractivity contribution is 5.77. The Labute approximate surface area is 121 Å². The summed E-state index contributed by atoms with van der Waals surface area (Å²) in [7, 11) is 1.60. The number of rotatable bonds is 9. The molecule has 2 amide bonds. The van der Waals surface area contributed by atoms with Crippen LogP contribution in [0.15, 0.2) is 0 Å². The van der Waals surface area contributed by atoms with Gasteiger partial charge >= 0.3 is 12.0 Å². The number of nitrogens with zero attached hydrogens (tertiary/aromatic N) is 1. The van der Waals surface area contributed by atoms with Gasteiger partial charge in [-0.25, -0.2) is 4.79 Å². The summed E-state index contributed by atoms with van der Waals surface area (Å²) in [6.07, 6.45) is 1.72. The molecule has 6 heteroatoms. The molecule has 20 heavy (non-hydrogen) atoms. The van der Waals surface area contributed by atoms with Gasteiger partial charge in [-0.3, -0.25) is 4.79 Å². The first kappa shape index (κ1) is 18.7. The predicted octanol–water partition coefficient (Wildman–Crippen LogP) is 1.94. The highest BCUT2D eigenvalue weighted by Crippen LogP contribution is 2.10. The summed E-state index contributed by atoms with van der Waals surface area (Å²) < 4.78 is 5.04. The molecule has 0 radical (unpaired) electrons. The third-order valence-corrected chi connectivity index (χ3v) is 3.67. The van der Waals surface area contributed by atoms with Gasteiger partial charge in [0, 0.05) is 25.7 Å². The maximum absolute atomic E-state index is 12.3. The minimum absolute atomic E-state index is 0.137. The summed E-state index contributed by atoms with van der Waals surface area (Å²) in [5.74, 6) is -1.53. The fraction of sp³-hybridized carbons (Fsp3) is 0.857. The second-order valence-corrected chi connectivity index (χ2v) is 5.02. The number of carbonyl (C=O) groups is 2. The summed E-state index contributed by atoms with van der Waals surface area (Å²) in [4.78, 5) is 25.0. The molecular weight excluding hydrogens is 260 g/mol. The molecular formula is C14H28N2O4. The SMILES string of the molecule is CCC(CC)N(CCOC)C(=O)NC(C)C(C)C(=O)O. The quantitative estimate of drug-likeness (QED) is 0.679. The molecule has 0 fully saturated rings. The predicted molar refractivity (Wildman–Crippen MR) is 77.7 cm³/mol. The molecule has 0 spiro atoms. The largest absolute Gasteiger partial charge is 0.481 e. The van der Waals surface area contributed by atoms with Crippen molar-refractivity contribution in [2.24, 2.45) is 5.92 Å². The van der Waals surface area contributed by atoms with Gasteiger partial charge in [-0.1, -0.05) is 13.8 Å². The third-order valence-electron chi connectivity index (χ3n) is 3.67. The summed E-state index contributed by atoms with van der Waals surface area (Å²) in [5, 5.41) is 11.7. The van der Waals surface area contributed by atoms with Crippen LogP contribution in [0.1, 0.15) is 40.5 Å². The lowest BCUT2D eigenvalue weighted by molar-refractivity contribution is -0.141. The Bertz CT molecular complexity index is 306. The molecule has 2 unspecified atom stereocenters. The first-order valence-electron chi connectivity index (χ1n) is 7.17. The molecule has 0 aromatic carbocycles. The molecule has 0 saturated heterocycles. The number of carbonyl (C=O) groups excluding carboxylic acids is 1. The van der Waals surface area contributed by atoms with Crippen molar-refractivity contribution >= 4 is 12.0 Å². The highest BCUT2D eigenvalue weighted by atomic mass is 16.5. The number of nitrogens with one attached hydrogen (secondary N) is 1. The molecule has 0 aliphatic carbocycles. The van der Waals surface area contributed by atoms with Crippen LogP contribution in [0.5, 0.6) is 0 Å². The van der Waals surface area contributed by atoms with E-state index in [1.807, 2.05) is 13.8 Å². The molecule has 0 aliphatic heterocycles. The van der Waals surface area contributed by atoms with Crippen molar-refractivity contribution in [3.63, 3.8) is 0 Å². The van der Waals surface area contributed by atoms with Gasteiger partial charge in [-0.2, -0.15) is 0 Å². The fourth-order valence-corrected chi connectivity index (χ4v) is 1.99. The van der Waals surface area contributed by atoms with E-state index >= 15 is 0 Å². The zero-order valence-electron chi connectivity index (χ0n) is 13.2. The number of urea groups is 1. The van der Waals surface area contributed by atoms with Gasteiger partial charge in [0.25, 0.3) is 0 Å². The Kier molecular flexibility index (Phi) is 8.96. The number of carboxylic acid groups (broad SMARTS) is 1. The van der Waals surface area contributed by atoms with E-state index in [9.17, 15) is 9.59 Å². The van der Waals surface area contributed by atoms with E-state index in [2.05, 4.69) is 5.32 Å². The number of carboxylic acids is 1. The van der Waals surface area contributed by atoms with Gasteiger partial charge in [0.05, 0.1) is 12.5 Å². The van der Waals surface area contributed by atoms with E-state index in [0.717, 1.165) is 12.8 Å². The molecule has 6 nitrogen and oxygen atoms in total. The van der Waals surface area contributed by atoms with Crippen LogP contribution in [0.4, 0.5) is 4.79 Å². The second-order valence-electron chi connectivity index (χ2n) is 5.02. The fourth-order valence-electron chi connectivity index (χ4n) is 1.99. The van der Waals surface area contributed by atoms with Crippen LogP contribution in [-0.2, 0) is 9.53 Å². The lowest BCUT2D eigenvalue weighted by Gasteiger charge is -2.32. The summed E-state index contributed by atoms with van der Waals surface area (Å²) in [6.45, 7) is 8.33. The number of hydrogen-bond acceptors (Lipinski definition) is 3. The van der Waals surface area contributed by atoms with Crippen LogP contribution in [0.25, 0.3) is 0 Å². The molecule has 0 rings (SSSR count). The molecule has 0 saturated carbocycles. The molecule has 0 aromatic heterocycles. The number of aliphatic carboxylic acids is 1. The maximum atomic E-state index is 12.3. The van der Waals surface area contributed by atoms with Crippen LogP contribution in [0.3, 0.4) is 0 Å². The lowest BCUT2D eigenvalue weighted by atomic mass is 10.0. The number of hydrogen-bond donors (Lipinski definition) is 2. The van der Waals surface area contributed by atoms with Gasteiger partial charge in [-0.05, 0) is 26.7 Å². The van der Waals surface area contributed by atoms with Crippen molar-refractivity contribution in [1.82, 2.24) is 10.2 Å². The summed E-state index contributed by atoms with van der Waals surface area (Å²) >= 11 is 0. The second kappa shape index (κ2) is 9.58.